The van der Waals surface area contributed by atoms with Crippen LogP contribution in [0, 0.1) is 5.92 Å². The molecule has 1 aliphatic rings. The van der Waals surface area contributed by atoms with Crippen molar-refractivity contribution in [3.05, 3.63) is 11.9 Å². The molecule has 7 heteroatoms. The van der Waals surface area contributed by atoms with Crippen LogP contribution in [-0.4, -0.2) is 44.6 Å². The molecule has 92 valence electrons. The van der Waals surface area contributed by atoms with Gasteiger partial charge < -0.3 is 10.2 Å². The molecular weight excluding hydrogens is 240 g/mol. The van der Waals surface area contributed by atoms with Crippen LogP contribution < -0.4 is 5.32 Å². The minimum Gasteiger partial charge on any atom is -0.353 e. The fourth-order valence-electron chi connectivity index (χ4n) is 1.98. The smallest absolute Gasteiger partial charge is 0.275 e. The minimum absolute atomic E-state index is 0.0749. The average molecular weight is 254 g/mol. The van der Waals surface area contributed by atoms with Crippen molar-refractivity contribution in [2.45, 2.75) is 19.9 Å². The molecule has 1 saturated heterocycles. The van der Waals surface area contributed by atoms with Crippen LogP contribution in [0.3, 0.4) is 0 Å². The number of hydrogen-bond donors (Lipinski definition) is 1. The third-order valence-electron chi connectivity index (χ3n) is 2.73. The first-order valence-electron chi connectivity index (χ1n) is 5.47. The van der Waals surface area contributed by atoms with E-state index in [1.54, 1.807) is 4.90 Å². The molecule has 6 nitrogen and oxygen atoms in total. The standard InChI is InChI=1S/C10H14N4O2S/c1-6(2)8-9(15)11-3-4-14(8)10(16)7-5-12-17-13-7/h5-6,8H,3-4H2,1-2H3,(H,11,15)/t8-/m0/s1. The number of aromatic nitrogens is 2. The molecule has 0 spiro atoms. The molecule has 0 aliphatic carbocycles. The summed E-state index contributed by atoms with van der Waals surface area (Å²) in [6.45, 7) is 4.86. The maximum atomic E-state index is 12.2. The van der Waals surface area contributed by atoms with Crippen LogP contribution in [0.15, 0.2) is 6.20 Å². The van der Waals surface area contributed by atoms with Crippen molar-refractivity contribution in [3.8, 4) is 0 Å². The number of nitrogens with zero attached hydrogens (tertiary/aromatic N) is 3. The topological polar surface area (TPSA) is 75.2 Å². The third kappa shape index (κ3) is 2.28. The molecular formula is C10H14N4O2S. The van der Waals surface area contributed by atoms with E-state index >= 15 is 0 Å². The van der Waals surface area contributed by atoms with E-state index in [4.69, 9.17) is 0 Å². The van der Waals surface area contributed by atoms with E-state index in [1.807, 2.05) is 13.8 Å². The van der Waals surface area contributed by atoms with Crippen molar-refractivity contribution in [3.63, 3.8) is 0 Å². The first-order chi connectivity index (χ1) is 8.11. The van der Waals surface area contributed by atoms with Gasteiger partial charge in [-0.25, -0.2) is 0 Å². The van der Waals surface area contributed by atoms with Crippen molar-refractivity contribution in [1.82, 2.24) is 19.0 Å². The Morgan fingerprint density at radius 1 is 1.65 bits per heavy atom. The largest absolute Gasteiger partial charge is 0.353 e. The van der Waals surface area contributed by atoms with Crippen LogP contribution in [0.4, 0.5) is 0 Å². The number of hydrogen-bond acceptors (Lipinski definition) is 5. The predicted molar refractivity (Wildman–Crippen MR) is 62.6 cm³/mol. The molecule has 0 saturated carbocycles. The lowest BCUT2D eigenvalue weighted by Crippen LogP contribution is -2.59. The van der Waals surface area contributed by atoms with Gasteiger partial charge in [-0.3, -0.25) is 9.59 Å². The van der Waals surface area contributed by atoms with Gasteiger partial charge in [-0.05, 0) is 5.92 Å². The highest BCUT2D eigenvalue weighted by Gasteiger charge is 2.36. The Morgan fingerprint density at radius 2 is 2.41 bits per heavy atom. The molecule has 1 aromatic heterocycles. The molecule has 1 aliphatic heterocycles. The maximum Gasteiger partial charge on any atom is 0.275 e. The Morgan fingerprint density at radius 3 is 3.00 bits per heavy atom. The predicted octanol–water partition coefficient (Wildman–Crippen LogP) is 0.135. The van der Waals surface area contributed by atoms with Crippen LogP contribution in [-0.2, 0) is 4.79 Å². The Kier molecular flexibility index (Phi) is 3.37. The van der Waals surface area contributed by atoms with E-state index < -0.39 is 6.04 Å². The van der Waals surface area contributed by atoms with Crippen molar-refractivity contribution < 1.29 is 9.59 Å². The molecule has 1 atom stereocenters. The summed E-state index contributed by atoms with van der Waals surface area (Å²) < 4.78 is 7.73. The van der Waals surface area contributed by atoms with Crippen molar-refractivity contribution in [1.29, 1.82) is 0 Å². The zero-order chi connectivity index (χ0) is 12.4. The van der Waals surface area contributed by atoms with E-state index in [0.29, 0.717) is 18.8 Å². The number of carbonyl (C=O) groups excluding carboxylic acids is 2. The maximum absolute atomic E-state index is 12.2. The van der Waals surface area contributed by atoms with Gasteiger partial charge in [-0.2, -0.15) is 8.75 Å². The van der Waals surface area contributed by atoms with Gasteiger partial charge in [0.1, 0.15) is 6.04 Å². The lowest BCUT2D eigenvalue weighted by atomic mass is 9.99. The SMILES string of the molecule is CC(C)[C@H]1C(=O)NCCN1C(=O)c1cnsn1. The highest BCUT2D eigenvalue weighted by Crippen LogP contribution is 2.16. The number of carbonyl (C=O) groups is 2. The van der Waals surface area contributed by atoms with E-state index in [-0.39, 0.29) is 17.7 Å². The Labute approximate surface area is 103 Å². The summed E-state index contributed by atoms with van der Waals surface area (Å²) in [7, 11) is 0. The molecule has 0 radical (unpaired) electrons. The average Bonchev–Trinajstić information content (AvgIpc) is 2.80. The van der Waals surface area contributed by atoms with Crippen LogP contribution in [0.2, 0.25) is 0 Å². The van der Waals surface area contributed by atoms with Gasteiger partial charge in [-0.1, -0.05) is 13.8 Å². The molecule has 2 heterocycles. The van der Waals surface area contributed by atoms with Gasteiger partial charge in [0, 0.05) is 13.1 Å². The van der Waals surface area contributed by atoms with Gasteiger partial charge >= 0.3 is 0 Å². The zero-order valence-corrected chi connectivity index (χ0v) is 10.5. The highest BCUT2D eigenvalue weighted by molar-refractivity contribution is 6.99. The number of rotatable bonds is 2. The number of amides is 2. The van der Waals surface area contributed by atoms with E-state index in [2.05, 4.69) is 14.1 Å². The monoisotopic (exact) mass is 254 g/mol. The second kappa shape index (κ2) is 4.79. The Balaban J connectivity index is 2.23. The van der Waals surface area contributed by atoms with Crippen molar-refractivity contribution in [2.24, 2.45) is 5.92 Å². The fourth-order valence-corrected chi connectivity index (χ4v) is 2.39. The van der Waals surface area contributed by atoms with Gasteiger partial charge in [0.15, 0.2) is 5.69 Å². The van der Waals surface area contributed by atoms with Gasteiger partial charge in [0.2, 0.25) is 5.91 Å². The fraction of sp³-hybridized carbons (Fsp3) is 0.600. The number of nitrogens with one attached hydrogen (secondary N) is 1. The van der Waals surface area contributed by atoms with Crippen LogP contribution in [0.1, 0.15) is 24.3 Å². The molecule has 2 rings (SSSR count). The lowest BCUT2D eigenvalue weighted by molar-refractivity contribution is -0.129. The quantitative estimate of drug-likeness (QED) is 0.814. The summed E-state index contributed by atoms with van der Waals surface area (Å²) in [5.41, 5.74) is 0.315. The number of piperazine rings is 1. The van der Waals surface area contributed by atoms with Gasteiger partial charge in [0.05, 0.1) is 17.9 Å². The summed E-state index contributed by atoms with van der Waals surface area (Å²) in [4.78, 5) is 25.5. The summed E-state index contributed by atoms with van der Waals surface area (Å²) in [6, 6.07) is -0.419. The van der Waals surface area contributed by atoms with Crippen LogP contribution >= 0.6 is 11.7 Å². The summed E-state index contributed by atoms with van der Waals surface area (Å²) in [5.74, 6) is -0.235. The first kappa shape index (κ1) is 12.0. The van der Waals surface area contributed by atoms with E-state index in [9.17, 15) is 9.59 Å². The van der Waals surface area contributed by atoms with Gasteiger partial charge in [-0.15, -0.1) is 0 Å². The van der Waals surface area contributed by atoms with Crippen LogP contribution in [0.5, 0.6) is 0 Å². The lowest BCUT2D eigenvalue weighted by Gasteiger charge is -2.36. The molecule has 1 N–H and O–H groups in total. The summed E-state index contributed by atoms with van der Waals surface area (Å²) in [6.07, 6.45) is 1.44. The van der Waals surface area contributed by atoms with Crippen molar-refractivity contribution >= 4 is 23.5 Å². The van der Waals surface area contributed by atoms with Crippen LogP contribution in [0.25, 0.3) is 0 Å². The summed E-state index contributed by atoms with van der Waals surface area (Å²) in [5, 5.41) is 2.78. The molecule has 0 unspecified atom stereocenters. The molecule has 2 amide bonds. The zero-order valence-electron chi connectivity index (χ0n) is 9.71. The molecule has 0 bridgehead atoms. The Bertz CT molecular complexity index is 418. The van der Waals surface area contributed by atoms with Crippen molar-refractivity contribution in [2.75, 3.05) is 13.1 Å². The molecule has 0 aromatic carbocycles. The molecule has 17 heavy (non-hydrogen) atoms. The first-order valence-corrected chi connectivity index (χ1v) is 6.20. The third-order valence-corrected chi connectivity index (χ3v) is 3.21. The van der Waals surface area contributed by atoms with Gasteiger partial charge in [0.25, 0.3) is 5.91 Å². The Hall–Kier alpha value is -1.50. The van der Waals surface area contributed by atoms with E-state index in [0.717, 1.165) is 11.7 Å². The summed E-state index contributed by atoms with van der Waals surface area (Å²) >= 11 is 0.994. The second-order valence-corrected chi connectivity index (χ2v) is 4.83. The molecule has 1 aromatic rings. The minimum atomic E-state index is -0.419. The second-order valence-electron chi connectivity index (χ2n) is 4.27. The van der Waals surface area contributed by atoms with E-state index in [1.165, 1.54) is 6.20 Å². The highest BCUT2D eigenvalue weighted by atomic mass is 32.1. The normalized spacial score (nSPS) is 20.5. The molecule has 1 fully saturated rings.